The van der Waals surface area contributed by atoms with Crippen molar-refractivity contribution in [3.05, 3.63) is 64.4 Å². The number of fused-ring (bicyclic) bond motifs is 1. The molecule has 4 heteroatoms. The van der Waals surface area contributed by atoms with Crippen LogP contribution in [0.4, 0.5) is 0 Å². The van der Waals surface area contributed by atoms with Crippen LogP contribution in [-0.2, 0) is 12.8 Å². The minimum atomic E-state index is -0.727. The van der Waals surface area contributed by atoms with Crippen molar-refractivity contribution in [2.75, 3.05) is 7.11 Å². The van der Waals surface area contributed by atoms with Crippen molar-refractivity contribution < 1.29 is 13.6 Å². The summed E-state index contributed by atoms with van der Waals surface area (Å²) < 4.78 is 14.7. The van der Waals surface area contributed by atoms with Crippen molar-refractivity contribution in [2.45, 2.75) is 12.8 Å². The van der Waals surface area contributed by atoms with Crippen LogP contribution >= 0.6 is 0 Å². The quantitative estimate of drug-likeness (QED) is 0.730. The fourth-order valence-electron chi connectivity index (χ4n) is 2.26. The fraction of sp³-hybridized carbons (Fsp3) is 0.188. The molecule has 20 heavy (non-hydrogen) atoms. The molecule has 0 amide bonds. The molecule has 0 N–H and O–H groups in total. The van der Waals surface area contributed by atoms with E-state index in [0.717, 1.165) is 6.42 Å². The average Bonchev–Trinajstić information content (AvgIpc) is 2.85. The van der Waals surface area contributed by atoms with Crippen LogP contribution in [0.15, 0.2) is 56.1 Å². The highest BCUT2D eigenvalue weighted by Gasteiger charge is 2.13. The summed E-state index contributed by atoms with van der Waals surface area (Å²) in [6.45, 7) is 0. The number of methoxy groups -OCH3 is 1. The minimum Gasteiger partial charge on any atom is -0.466 e. The second-order valence-corrected chi connectivity index (χ2v) is 4.55. The first-order valence-electron chi connectivity index (χ1n) is 6.41. The van der Waals surface area contributed by atoms with Gasteiger partial charge in [-0.25, -0.2) is 4.79 Å². The molecule has 3 rings (SSSR count). The van der Waals surface area contributed by atoms with Crippen molar-refractivity contribution >= 4 is 10.8 Å². The lowest BCUT2D eigenvalue weighted by Gasteiger charge is -2.03. The molecule has 0 atom stereocenters. The highest BCUT2D eigenvalue weighted by molar-refractivity contribution is 5.82. The third-order valence-corrected chi connectivity index (χ3v) is 3.25. The molecule has 0 aliphatic heterocycles. The van der Waals surface area contributed by atoms with E-state index in [-0.39, 0.29) is 5.95 Å². The monoisotopic (exact) mass is 270 g/mol. The number of rotatable bonds is 4. The Morgan fingerprint density at radius 2 is 1.80 bits per heavy atom. The zero-order valence-electron chi connectivity index (χ0n) is 11.1. The van der Waals surface area contributed by atoms with Crippen LogP contribution < -0.4 is 10.6 Å². The molecule has 0 saturated heterocycles. The largest absolute Gasteiger partial charge is 0.521 e. The smallest absolute Gasteiger partial charge is 0.466 e. The van der Waals surface area contributed by atoms with Crippen LogP contribution in [0.3, 0.4) is 0 Å². The first-order chi connectivity index (χ1) is 9.76. The van der Waals surface area contributed by atoms with Gasteiger partial charge in [0.2, 0.25) is 0 Å². The van der Waals surface area contributed by atoms with Crippen LogP contribution in [0.25, 0.3) is 10.8 Å². The number of hydrogen-bond donors (Lipinski definition) is 0. The maximum Gasteiger partial charge on any atom is 0.521 e. The van der Waals surface area contributed by atoms with Gasteiger partial charge in [0, 0.05) is 6.42 Å². The summed E-state index contributed by atoms with van der Waals surface area (Å²) in [6, 6.07) is 14.5. The molecular weight excluding hydrogens is 256 g/mol. The lowest BCUT2D eigenvalue weighted by molar-refractivity contribution is 0.284. The predicted molar refractivity (Wildman–Crippen MR) is 75.2 cm³/mol. The molecule has 0 aliphatic carbocycles. The van der Waals surface area contributed by atoms with Gasteiger partial charge >= 0.3 is 11.8 Å². The Kier molecular flexibility index (Phi) is 3.29. The molecule has 2 aromatic carbocycles. The second-order valence-electron chi connectivity index (χ2n) is 4.55. The molecule has 4 nitrogen and oxygen atoms in total. The van der Waals surface area contributed by atoms with E-state index >= 15 is 0 Å². The van der Waals surface area contributed by atoms with Crippen LogP contribution in [0.5, 0.6) is 5.95 Å². The maximum atomic E-state index is 11.0. The lowest BCUT2D eigenvalue weighted by Crippen LogP contribution is -1.93. The third-order valence-electron chi connectivity index (χ3n) is 3.25. The molecule has 0 aliphatic rings. The molecular formula is C16H14O4. The summed E-state index contributed by atoms with van der Waals surface area (Å²) in [5.74, 6) is -0.114. The van der Waals surface area contributed by atoms with Gasteiger partial charge in [-0.3, -0.25) is 0 Å². The van der Waals surface area contributed by atoms with Crippen LogP contribution in [0.1, 0.15) is 11.3 Å². The summed E-state index contributed by atoms with van der Waals surface area (Å²) in [4.78, 5) is 11.0. The van der Waals surface area contributed by atoms with Gasteiger partial charge in [0.25, 0.3) is 0 Å². The Morgan fingerprint density at radius 1 is 1.00 bits per heavy atom. The van der Waals surface area contributed by atoms with E-state index in [0.29, 0.717) is 12.2 Å². The summed E-state index contributed by atoms with van der Waals surface area (Å²) in [7, 11) is 1.45. The minimum absolute atomic E-state index is 0.163. The SMILES string of the molecule is COc1oc(=O)oc1CCc1ccc2ccccc2c1. The van der Waals surface area contributed by atoms with Gasteiger partial charge in [0.05, 0.1) is 7.11 Å². The van der Waals surface area contributed by atoms with Crippen molar-refractivity contribution in [3.8, 4) is 5.95 Å². The summed E-state index contributed by atoms with van der Waals surface area (Å²) >= 11 is 0. The van der Waals surface area contributed by atoms with Crippen LogP contribution in [0, 0.1) is 0 Å². The summed E-state index contributed by atoms with van der Waals surface area (Å²) in [6.07, 6.45) is 1.32. The lowest BCUT2D eigenvalue weighted by atomic mass is 10.0. The Bertz CT molecular complexity index is 782. The van der Waals surface area contributed by atoms with Crippen LogP contribution in [0.2, 0.25) is 0 Å². The molecule has 0 unspecified atom stereocenters. The van der Waals surface area contributed by atoms with Crippen molar-refractivity contribution in [1.29, 1.82) is 0 Å². The Balaban J connectivity index is 1.81. The second kappa shape index (κ2) is 5.25. The normalized spacial score (nSPS) is 10.8. The molecule has 102 valence electrons. The molecule has 3 aromatic rings. The Labute approximate surface area is 115 Å². The van der Waals surface area contributed by atoms with Crippen molar-refractivity contribution in [3.63, 3.8) is 0 Å². The molecule has 0 fully saturated rings. The maximum absolute atomic E-state index is 11.0. The van der Waals surface area contributed by atoms with Gasteiger partial charge < -0.3 is 13.6 Å². The van der Waals surface area contributed by atoms with E-state index in [1.807, 2.05) is 12.1 Å². The zero-order chi connectivity index (χ0) is 13.9. The van der Waals surface area contributed by atoms with Crippen LogP contribution in [-0.4, -0.2) is 7.11 Å². The first kappa shape index (κ1) is 12.5. The molecule has 1 heterocycles. The van der Waals surface area contributed by atoms with Gasteiger partial charge in [0.1, 0.15) is 0 Å². The van der Waals surface area contributed by atoms with Gasteiger partial charge in [0.15, 0.2) is 5.76 Å². The number of aryl methyl sites for hydroxylation is 2. The number of hydrogen-bond acceptors (Lipinski definition) is 4. The topological polar surface area (TPSA) is 52.6 Å². The molecule has 0 saturated carbocycles. The Hall–Kier alpha value is -2.49. The third kappa shape index (κ3) is 2.45. The van der Waals surface area contributed by atoms with E-state index in [9.17, 15) is 4.79 Å². The van der Waals surface area contributed by atoms with E-state index in [2.05, 4.69) is 30.3 Å². The van der Waals surface area contributed by atoms with Gasteiger partial charge in [-0.1, -0.05) is 42.5 Å². The van der Waals surface area contributed by atoms with Gasteiger partial charge in [-0.05, 0) is 22.8 Å². The van der Waals surface area contributed by atoms with Gasteiger partial charge in [-0.15, -0.1) is 0 Å². The molecule has 1 aromatic heterocycles. The van der Waals surface area contributed by atoms with Crippen molar-refractivity contribution in [2.24, 2.45) is 0 Å². The average molecular weight is 270 g/mol. The molecule has 0 bridgehead atoms. The Morgan fingerprint density at radius 3 is 2.60 bits per heavy atom. The first-order valence-corrected chi connectivity index (χ1v) is 6.41. The highest BCUT2D eigenvalue weighted by atomic mass is 16.7. The predicted octanol–water partition coefficient (Wildman–Crippen LogP) is 3.18. The van der Waals surface area contributed by atoms with E-state index < -0.39 is 5.82 Å². The van der Waals surface area contributed by atoms with E-state index in [1.54, 1.807) is 0 Å². The number of ether oxygens (including phenoxy) is 1. The van der Waals surface area contributed by atoms with E-state index in [4.69, 9.17) is 13.6 Å². The zero-order valence-corrected chi connectivity index (χ0v) is 11.1. The summed E-state index contributed by atoms with van der Waals surface area (Å²) in [5.41, 5.74) is 1.18. The molecule has 0 spiro atoms. The highest BCUT2D eigenvalue weighted by Crippen LogP contribution is 2.20. The number of benzene rings is 2. The van der Waals surface area contributed by atoms with Gasteiger partial charge in [-0.2, -0.15) is 0 Å². The van der Waals surface area contributed by atoms with Crippen molar-refractivity contribution in [1.82, 2.24) is 0 Å². The van der Waals surface area contributed by atoms with E-state index in [1.165, 1.54) is 23.4 Å². The fourth-order valence-corrected chi connectivity index (χ4v) is 2.26. The molecule has 0 radical (unpaired) electrons. The summed E-state index contributed by atoms with van der Waals surface area (Å²) in [5, 5.41) is 2.41. The standard InChI is InChI=1S/C16H14O4/c1-18-15-14(19-16(17)20-15)9-7-11-6-8-12-4-2-3-5-13(12)10-11/h2-6,8,10H,7,9H2,1H3.